The zero-order valence-corrected chi connectivity index (χ0v) is 12.1. The van der Waals surface area contributed by atoms with Gasteiger partial charge in [-0.3, -0.25) is 0 Å². The highest BCUT2D eigenvalue weighted by Gasteiger charge is 2.21. The number of rotatable bonds is 9. The maximum absolute atomic E-state index is 13.0. The second kappa shape index (κ2) is 7.72. The lowest BCUT2D eigenvalue weighted by molar-refractivity contribution is 0.0327. The quantitative estimate of drug-likeness (QED) is 0.681. The highest BCUT2D eigenvalue weighted by Crippen LogP contribution is 2.28. The van der Waals surface area contributed by atoms with Crippen LogP contribution in [0.1, 0.15) is 24.0 Å². The van der Waals surface area contributed by atoms with Crippen molar-refractivity contribution < 1.29 is 14.2 Å². The van der Waals surface area contributed by atoms with Crippen molar-refractivity contribution in [3.8, 4) is 0 Å². The third-order valence-electron chi connectivity index (χ3n) is 3.62. The smallest absolute Gasteiger partial charge is 0.123 e. The molecule has 20 heavy (non-hydrogen) atoms. The van der Waals surface area contributed by atoms with Crippen LogP contribution in [0.25, 0.3) is 0 Å². The molecule has 112 valence electrons. The number of benzene rings is 1. The van der Waals surface area contributed by atoms with Gasteiger partial charge in [0.25, 0.3) is 0 Å². The van der Waals surface area contributed by atoms with E-state index in [4.69, 9.17) is 4.74 Å². The average molecular weight is 281 g/mol. The molecule has 1 atom stereocenters. The normalized spacial score (nSPS) is 16.4. The zero-order chi connectivity index (χ0) is 14.4. The Morgan fingerprint density at radius 1 is 1.45 bits per heavy atom. The molecule has 1 unspecified atom stereocenters. The summed E-state index contributed by atoms with van der Waals surface area (Å²) in [4.78, 5) is 0. The van der Waals surface area contributed by atoms with E-state index in [0.29, 0.717) is 13.2 Å². The minimum atomic E-state index is -0.455. The lowest BCUT2D eigenvalue weighted by Gasteiger charge is -2.12. The van der Waals surface area contributed by atoms with Gasteiger partial charge >= 0.3 is 0 Å². The van der Waals surface area contributed by atoms with Crippen LogP contribution in [0.4, 0.5) is 4.39 Å². The molecule has 1 fully saturated rings. The van der Waals surface area contributed by atoms with Crippen molar-refractivity contribution in [2.75, 3.05) is 26.3 Å². The number of hydrogen-bond acceptors (Lipinski definition) is 3. The molecule has 1 aliphatic rings. The molecule has 0 aliphatic heterocycles. The third kappa shape index (κ3) is 5.57. The first-order chi connectivity index (χ1) is 9.65. The summed E-state index contributed by atoms with van der Waals surface area (Å²) in [6, 6.07) is 4.86. The standard InChI is InChI=1S/C16H24FNO2/c1-12-8-15(17)5-4-14(12)6-7-18-9-16(19)11-20-10-13-2-3-13/h4-5,8,13,16,18-19H,2-3,6-7,9-11H2,1H3. The summed E-state index contributed by atoms with van der Waals surface area (Å²) in [7, 11) is 0. The molecule has 0 spiro atoms. The number of aryl methyl sites for hydroxylation is 1. The van der Waals surface area contributed by atoms with Crippen molar-refractivity contribution in [2.45, 2.75) is 32.3 Å². The van der Waals surface area contributed by atoms with Crippen LogP contribution in [0.2, 0.25) is 0 Å². The van der Waals surface area contributed by atoms with Gasteiger partial charge in [0.1, 0.15) is 5.82 Å². The first-order valence-electron chi connectivity index (χ1n) is 7.36. The first-order valence-corrected chi connectivity index (χ1v) is 7.36. The monoisotopic (exact) mass is 281 g/mol. The first kappa shape index (κ1) is 15.4. The third-order valence-corrected chi connectivity index (χ3v) is 3.62. The van der Waals surface area contributed by atoms with Crippen molar-refractivity contribution in [3.05, 3.63) is 35.1 Å². The van der Waals surface area contributed by atoms with Crippen LogP contribution in [0.3, 0.4) is 0 Å². The molecular weight excluding hydrogens is 257 g/mol. The van der Waals surface area contributed by atoms with Crippen LogP contribution < -0.4 is 5.32 Å². The van der Waals surface area contributed by atoms with E-state index in [1.54, 1.807) is 6.07 Å². The van der Waals surface area contributed by atoms with Gasteiger partial charge in [-0.15, -0.1) is 0 Å². The van der Waals surface area contributed by atoms with Crippen LogP contribution in [0, 0.1) is 18.7 Å². The molecule has 0 amide bonds. The zero-order valence-electron chi connectivity index (χ0n) is 12.1. The molecule has 1 aromatic rings. The van der Waals surface area contributed by atoms with Crippen LogP contribution in [0.15, 0.2) is 18.2 Å². The van der Waals surface area contributed by atoms with Gasteiger partial charge in [0.05, 0.1) is 12.7 Å². The Kier molecular flexibility index (Phi) is 5.95. The van der Waals surface area contributed by atoms with Crippen molar-refractivity contribution in [1.82, 2.24) is 5.32 Å². The van der Waals surface area contributed by atoms with Crippen molar-refractivity contribution in [3.63, 3.8) is 0 Å². The summed E-state index contributed by atoms with van der Waals surface area (Å²) in [5.41, 5.74) is 2.11. The molecule has 0 heterocycles. The summed E-state index contributed by atoms with van der Waals surface area (Å²) < 4.78 is 18.4. The van der Waals surface area contributed by atoms with E-state index in [2.05, 4.69) is 5.32 Å². The van der Waals surface area contributed by atoms with Crippen molar-refractivity contribution in [2.24, 2.45) is 5.92 Å². The summed E-state index contributed by atoms with van der Waals surface area (Å²) in [5.74, 6) is 0.541. The number of ether oxygens (including phenoxy) is 1. The van der Waals surface area contributed by atoms with E-state index in [1.807, 2.05) is 13.0 Å². The molecule has 1 aliphatic carbocycles. The van der Waals surface area contributed by atoms with Gasteiger partial charge in [0.15, 0.2) is 0 Å². The highest BCUT2D eigenvalue weighted by molar-refractivity contribution is 5.26. The minimum absolute atomic E-state index is 0.192. The fraction of sp³-hybridized carbons (Fsp3) is 0.625. The second-order valence-corrected chi connectivity index (χ2v) is 5.66. The molecule has 1 aromatic carbocycles. The van der Waals surface area contributed by atoms with E-state index >= 15 is 0 Å². The summed E-state index contributed by atoms with van der Waals surface area (Å²) in [6.45, 7) is 4.40. The Hall–Kier alpha value is -0.970. The van der Waals surface area contributed by atoms with Gasteiger partial charge in [0, 0.05) is 13.2 Å². The van der Waals surface area contributed by atoms with Gasteiger partial charge in [-0.2, -0.15) is 0 Å². The Morgan fingerprint density at radius 2 is 2.25 bits per heavy atom. The van der Waals surface area contributed by atoms with Gasteiger partial charge in [-0.1, -0.05) is 6.07 Å². The summed E-state index contributed by atoms with van der Waals surface area (Å²) in [5, 5.41) is 12.9. The molecule has 0 aromatic heterocycles. The average Bonchev–Trinajstić information content (AvgIpc) is 3.21. The van der Waals surface area contributed by atoms with E-state index < -0.39 is 6.10 Å². The van der Waals surface area contributed by atoms with E-state index in [1.165, 1.54) is 18.9 Å². The number of nitrogens with one attached hydrogen (secondary N) is 1. The molecule has 0 radical (unpaired) electrons. The van der Waals surface area contributed by atoms with Gasteiger partial charge < -0.3 is 15.2 Å². The van der Waals surface area contributed by atoms with Crippen LogP contribution in [0.5, 0.6) is 0 Å². The maximum Gasteiger partial charge on any atom is 0.123 e. The summed E-state index contributed by atoms with van der Waals surface area (Å²) >= 11 is 0. The predicted molar refractivity (Wildman–Crippen MR) is 77.3 cm³/mol. The number of aliphatic hydroxyl groups excluding tert-OH is 1. The highest BCUT2D eigenvalue weighted by atomic mass is 19.1. The molecule has 4 heteroatoms. The lowest BCUT2D eigenvalue weighted by atomic mass is 10.1. The molecular formula is C16H24FNO2. The minimum Gasteiger partial charge on any atom is -0.389 e. The van der Waals surface area contributed by atoms with E-state index in [-0.39, 0.29) is 5.82 Å². The van der Waals surface area contributed by atoms with Gasteiger partial charge in [0.2, 0.25) is 0 Å². The fourth-order valence-electron chi connectivity index (χ4n) is 2.15. The van der Waals surface area contributed by atoms with Gasteiger partial charge in [-0.25, -0.2) is 4.39 Å². The Balaban J connectivity index is 1.55. The molecule has 1 saturated carbocycles. The number of halogens is 1. The maximum atomic E-state index is 13.0. The molecule has 2 rings (SSSR count). The van der Waals surface area contributed by atoms with Crippen molar-refractivity contribution >= 4 is 0 Å². The Morgan fingerprint density at radius 3 is 2.95 bits per heavy atom. The topological polar surface area (TPSA) is 41.5 Å². The Labute approximate surface area is 120 Å². The molecule has 3 nitrogen and oxygen atoms in total. The SMILES string of the molecule is Cc1cc(F)ccc1CCNCC(O)COCC1CC1. The largest absolute Gasteiger partial charge is 0.389 e. The number of aliphatic hydroxyl groups is 1. The van der Waals surface area contributed by atoms with Crippen LogP contribution >= 0.6 is 0 Å². The van der Waals surface area contributed by atoms with E-state index in [0.717, 1.165) is 36.6 Å². The van der Waals surface area contributed by atoms with Crippen LogP contribution in [-0.4, -0.2) is 37.5 Å². The van der Waals surface area contributed by atoms with Crippen molar-refractivity contribution in [1.29, 1.82) is 0 Å². The predicted octanol–water partition coefficient (Wildman–Crippen LogP) is 2.05. The molecule has 0 saturated heterocycles. The Bertz CT molecular complexity index is 421. The lowest BCUT2D eigenvalue weighted by Crippen LogP contribution is -2.32. The second-order valence-electron chi connectivity index (χ2n) is 5.66. The summed E-state index contributed by atoms with van der Waals surface area (Å²) in [6.07, 6.45) is 2.92. The van der Waals surface area contributed by atoms with Gasteiger partial charge in [-0.05, 0) is 61.9 Å². The number of hydrogen-bond donors (Lipinski definition) is 2. The molecule has 0 bridgehead atoms. The van der Waals surface area contributed by atoms with E-state index in [9.17, 15) is 9.50 Å². The fourth-order valence-corrected chi connectivity index (χ4v) is 2.15. The molecule has 2 N–H and O–H groups in total. The van der Waals surface area contributed by atoms with Crippen LogP contribution in [-0.2, 0) is 11.2 Å².